The minimum atomic E-state index is 0.951. The van der Waals surface area contributed by atoms with E-state index in [1.54, 1.807) is 0 Å². The molecule has 158 valence electrons. The van der Waals surface area contributed by atoms with Gasteiger partial charge in [0.2, 0.25) is 0 Å². The summed E-state index contributed by atoms with van der Waals surface area (Å²) >= 11 is 0. The monoisotopic (exact) mass is 413 g/mol. The minimum absolute atomic E-state index is 0.951. The van der Waals surface area contributed by atoms with E-state index in [2.05, 4.69) is 81.7 Å². The SMILES string of the molecule is CCCc1cc(N2CCN(c3cccc[nH+]3)CC2)n2nc(C)c(-c3ccccc3)c2n1. The Hall–Kier alpha value is -3.41. The van der Waals surface area contributed by atoms with Crippen LogP contribution in [0.25, 0.3) is 16.8 Å². The standard InChI is InChI=1S/C25H28N6/c1-3-9-21-18-23(30-16-14-29(15-17-30)22-12-7-8-13-26-22)31-25(27-21)24(19(2)28-31)20-10-5-4-6-11-20/h4-8,10-13,18H,3,9,14-17H2,1-2H3/p+1. The second kappa shape index (κ2) is 8.38. The van der Waals surface area contributed by atoms with Crippen molar-refractivity contribution in [2.75, 3.05) is 36.0 Å². The molecule has 1 aliphatic heterocycles. The first-order valence-corrected chi connectivity index (χ1v) is 11.2. The zero-order chi connectivity index (χ0) is 21.2. The fourth-order valence-corrected chi connectivity index (χ4v) is 4.47. The number of anilines is 2. The van der Waals surface area contributed by atoms with Crippen LogP contribution in [0.4, 0.5) is 11.6 Å². The van der Waals surface area contributed by atoms with Gasteiger partial charge in [0, 0.05) is 23.4 Å². The Balaban J connectivity index is 1.53. The zero-order valence-electron chi connectivity index (χ0n) is 18.3. The zero-order valence-corrected chi connectivity index (χ0v) is 18.3. The Bertz CT molecular complexity index is 1160. The fraction of sp³-hybridized carbons (Fsp3) is 0.320. The van der Waals surface area contributed by atoms with E-state index < -0.39 is 0 Å². The molecule has 0 unspecified atom stereocenters. The fourth-order valence-electron chi connectivity index (χ4n) is 4.47. The number of aromatic nitrogens is 4. The van der Waals surface area contributed by atoms with Crippen molar-refractivity contribution in [3.05, 3.63) is 72.2 Å². The maximum Gasteiger partial charge on any atom is 0.274 e. The Morgan fingerprint density at radius 3 is 2.39 bits per heavy atom. The third-order valence-corrected chi connectivity index (χ3v) is 6.00. The summed E-state index contributed by atoms with van der Waals surface area (Å²) in [4.78, 5) is 13.3. The van der Waals surface area contributed by atoms with Gasteiger partial charge in [-0.1, -0.05) is 49.7 Å². The predicted molar refractivity (Wildman–Crippen MR) is 125 cm³/mol. The molecule has 0 amide bonds. The molecule has 1 saturated heterocycles. The van der Waals surface area contributed by atoms with Gasteiger partial charge < -0.3 is 4.90 Å². The number of H-pyrrole nitrogens is 1. The summed E-state index contributed by atoms with van der Waals surface area (Å²) in [7, 11) is 0. The third kappa shape index (κ3) is 3.74. The smallest absolute Gasteiger partial charge is 0.274 e. The van der Waals surface area contributed by atoms with Gasteiger partial charge >= 0.3 is 0 Å². The largest absolute Gasteiger partial charge is 0.349 e. The number of hydrogen-bond acceptors (Lipinski definition) is 4. The number of pyridine rings is 1. The van der Waals surface area contributed by atoms with Crippen molar-refractivity contribution >= 4 is 17.3 Å². The van der Waals surface area contributed by atoms with E-state index in [1.165, 1.54) is 11.4 Å². The van der Waals surface area contributed by atoms with Crippen LogP contribution in [0.2, 0.25) is 0 Å². The summed E-state index contributed by atoms with van der Waals surface area (Å²) in [6, 6.07) is 19.0. The van der Waals surface area contributed by atoms with Gasteiger partial charge in [0.15, 0.2) is 5.65 Å². The molecule has 5 rings (SSSR count). The number of hydrogen-bond donors (Lipinski definition) is 0. The lowest BCUT2D eigenvalue weighted by atomic mass is 10.1. The number of aryl methyl sites for hydroxylation is 2. The molecule has 1 fully saturated rings. The van der Waals surface area contributed by atoms with Crippen LogP contribution in [0, 0.1) is 6.92 Å². The van der Waals surface area contributed by atoms with Crippen molar-refractivity contribution in [3.63, 3.8) is 0 Å². The highest BCUT2D eigenvalue weighted by Gasteiger charge is 2.26. The summed E-state index contributed by atoms with van der Waals surface area (Å²) < 4.78 is 2.06. The first-order chi connectivity index (χ1) is 15.2. The van der Waals surface area contributed by atoms with Gasteiger partial charge in [0.25, 0.3) is 5.82 Å². The average Bonchev–Trinajstić information content (AvgIpc) is 3.16. The Morgan fingerprint density at radius 2 is 1.68 bits per heavy atom. The molecule has 31 heavy (non-hydrogen) atoms. The second-order valence-corrected chi connectivity index (χ2v) is 8.14. The highest BCUT2D eigenvalue weighted by molar-refractivity contribution is 5.81. The van der Waals surface area contributed by atoms with Gasteiger partial charge in [-0.2, -0.15) is 9.61 Å². The van der Waals surface area contributed by atoms with Crippen LogP contribution >= 0.6 is 0 Å². The second-order valence-electron chi connectivity index (χ2n) is 8.14. The maximum atomic E-state index is 5.04. The number of aromatic amines is 1. The van der Waals surface area contributed by atoms with Crippen molar-refractivity contribution in [1.82, 2.24) is 14.6 Å². The number of nitrogens with zero attached hydrogens (tertiary/aromatic N) is 5. The molecule has 1 aromatic carbocycles. The molecule has 4 aromatic rings. The Morgan fingerprint density at radius 1 is 0.935 bits per heavy atom. The van der Waals surface area contributed by atoms with Crippen molar-refractivity contribution in [3.8, 4) is 11.1 Å². The first kappa shape index (κ1) is 19.5. The van der Waals surface area contributed by atoms with Gasteiger partial charge in [0.1, 0.15) is 18.9 Å². The summed E-state index contributed by atoms with van der Waals surface area (Å²) in [6.07, 6.45) is 4.04. The number of rotatable bonds is 5. The topological polar surface area (TPSA) is 50.8 Å². The van der Waals surface area contributed by atoms with Crippen LogP contribution in [0.5, 0.6) is 0 Å². The van der Waals surface area contributed by atoms with Crippen LogP contribution in [-0.2, 0) is 6.42 Å². The molecule has 6 heteroatoms. The Labute approximate surface area is 183 Å². The van der Waals surface area contributed by atoms with Gasteiger partial charge in [-0.05, 0) is 25.0 Å². The lowest BCUT2D eigenvalue weighted by molar-refractivity contribution is -0.364. The van der Waals surface area contributed by atoms with Gasteiger partial charge in [-0.15, -0.1) is 0 Å². The van der Waals surface area contributed by atoms with Crippen molar-refractivity contribution in [1.29, 1.82) is 0 Å². The van der Waals surface area contributed by atoms with Crippen LogP contribution in [0.15, 0.2) is 60.8 Å². The van der Waals surface area contributed by atoms with Gasteiger partial charge in [0.05, 0.1) is 25.0 Å². The lowest BCUT2D eigenvalue weighted by Gasteiger charge is -2.32. The van der Waals surface area contributed by atoms with E-state index in [1.807, 2.05) is 12.3 Å². The normalized spacial score (nSPS) is 14.4. The van der Waals surface area contributed by atoms with E-state index in [9.17, 15) is 0 Å². The molecule has 4 heterocycles. The van der Waals surface area contributed by atoms with Crippen LogP contribution in [0.3, 0.4) is 0 Å². The van der Waals surface area contributed by atoms with E-state index in [4.69, 9.17) is 10.1 Å². The molecule has 6 nitrogen and oxygen atoms in total. The van der Waals surface area contributed by atoms with Crippen molar-refractivity contribution in [2.45, 2.75) is 26.7 Å². The third-order valence-electron chi connectivity index (χ3n) is 6.00. The summed E-state index contributed by atoms with van der Waals surface area (Å²) in [5.74, 6) is 2.32. The van der Waals surface area contributed by atoms with Crippen LogP contribution < -0.4 is 14.8 Å². The van der Waals surface area contributed by atoms with Gasteiger partial charge in [-0.3, -0.25) is 4.90 Å². The predicted octanol–water partition coefficient (Wildman–Crippen LogP) is 3.80. The summed E-state index contributed by atoms with van der Waals surface area (Å²) in [5.41, 5.74) is 5.43. The molecule has 0 atom stereocenters. The summed E-state index contributed by atoms with van der Waals surface area (Å²) in [5, 5.41) is 4.94. The molecule has 0 radical (unpaired) electrons. The molecule has 3 aromatic heterocycles. The number of piperazine rings is 1. The van der Waals surface area contributed by atoms with E-state index in [0.717, 1.165) is 67.4 Å². The number of nitrogens with one attached hydrogen (secondary N) is 1. The van der Waals surface area contributed by atoms with E-state index >= 15 is 0 Å². The van der Waals surface area contributed by atoms with E-state index in [-0.39, 0.29) is 0 Å². The molecule has 0 bridgehead atoms. The number of fused-ring (bicyclic) bond motifs is 1. The van der Waals surface area contributed by atoms with Crippen LogP contribution in [-0.4, -0.2) is 40.8 Å². The first-order valence-electron chi connectivity index (χ1n) is 11.2. The number of benzene rings is 1. The molecule has 1 aliphatic rings. The quantitative estimate of drug-likeness (QED) is 0.499. The highest BCUT2D eigenvalue weighted by atomic mass is 15.4. The maximum absolute atomic E-state index is 5.04. The molecule has 1 N–H and O–H groups in total. The highest BCUT2D eigenvalue weighted by Crippen LogP contribution is 2.31. The van der Waals surface area contributed by atoms with Crippen molar-refractivity contribution < 1.29 is 4.98 Å². The molecule has 0 aliphatic carbocycles. The van der Waals surface area contributed by atoms with Crippen molar-refractivity contribution in [2.24, 2.45) is 0 Å². The van der Waals surface area contributed by atoms with Crippen LogP contribution in [0.1, 0.15) is 24.7 Å². The molecular formula is C25H29N6+. The van der Waals surface area contributed by atoms with Gasteiger partial charge in [-0.25, -0.2) is 9.97 Å². The van der Waals surface area contributed by atoms with E-state index in [0.29, 0.717) is 0 Å². The molecule has 0 saturated carbocycles. The summed E-state index contributed by atoms with van der Waals surface area (Å²) in [6.45, 7) is 8.14. The molecular weight excluding hydrogens is 384 g/mol. The molecule has 0 spiro atoms. The Kier molecular flexibility index (Phi) is 5.28. The minimum Gasteiger partial charge on any atom is -0.349 e. The average molecular weight is 414 g/mol. The lowest BCUT2D eigenvalue weighted by Crippen LogP contribution is -2.48.